The average Bonchev–Trinajstić information content (AvgIpc) is 3.50. The standard InChI is InChI=1S/C29H21N5O2S/c1-17-11-14-20(15-12-17)34-28(32-31-27-21-8-4-3-7-19(21)13-16-23(27)36)25(26(33-34)18(2)35)29-30-22-9-5-6-10-24(22)37-29/h3-16,36H,1-2H3. The molecule has 0 saturated carbocycles. The largest absolute Gasteiger partial charge is 0.506 e. The highest BCUT2D eigenvalue weighted by molar-refractivity contribution is 7.21. The molecule has 8 heteroatoms. The molecule has 4 aromatic carbocycles. The van der Waals surface area contributed by atoms with Crippen LogP contribution in [0.15, 0.2) is 95.2 Å². The Hall–Kier alpha value is -4.69. The molecule has 2 heterocycles. The molecule has 0 atom stereocenters. The van der Waals surface area contributed by atoms with Crippen molar-refractivity contribution in [3.05, 3.63) is 96.2 Å². The predicted octanol–water partition coefficient (Wildman–Crippen LogP) is 7.93. The molecular weight excluding hydrogens is 482 g/mol. The number of carbonyl (C=O) groups excluding carboxylic acids is 1. The van der Waals surface area contributed by atoms with Gasteiger partial charge in [-0.2, -0.15) is 5.10 Å². The van der Waals surface area contributed by atoms with Crippen LogP contribution in [0.5, 0.6) is 5.75 Å². The second-order valence-corrected chi connectivity index (χ2v) is 9.72. The Balaban J connectivity index is 1.63. The number of carbonyl (C=O) groups is 1. The fraction of sp³-hybridized carbons (Fsp3) is 0.0690. The number of fused-ring (bicyclic) bond motifs is 2. The van der Waals surface area contributed by atoms with Gasteiger partial charge < -0.3 is 5.11 Å². The van der Waals surface area contributed by atoms with E-state index in [1.54, 1.807) is 10.7 Å². The minimum Gasteiger partial charge on any atom is -0.506 e. The van der Waals surface area contributed by atoms with Crippen LogP contribution in [-0.2, 0) is 0 Å². The SMILES string of the molecule is CC(=O)c1nn(-c2ccc(C)cc2)c(N=Nc2c(O)ccc3ccccc23)c1-c1nc2ccccc2s1. The predicted molar refractivity (Wildman–Crippen MR) is 147 cm³/mol. The normalized spacial score (nSPS) is 11.6. The third-order valence-corrected chi connectivity index (χ3v) is 7.16. The Labute approximate surface area is 216 Å². The number of aryl methyl sites for hydroxylation is 1. The molecule has 0 radical (unpaired) electrons. The number of nitrogens with zero attached hydrogens (tertiary/aromatic N) is 5. The molecule has 0 saturated heterocycles. The van der Waals surface area contributed by atoms with Crippen molar-refractivity contribution in [3.8, 4) is 22.0 Å². The summed E-state index contributed by atoms with van der Waals surface area (Å²) in [5.41, 5.74) is 3.77. The Morgan fingerprint density at radius 1 is 0.919 bits per heavy atom. The van der Waals surface area contributed by atoms with Crippen LogP contribution in [0.2, 0.25) is 0 Å². The smallest absolute Gasteiger partial charge is 0.188 e. The number of hydrogen-bond donors (Lipinski definition) is 1. The van der Waals surface area contributed by atoms with E-state index in [1.165, 1.54) is 18.3 Å². The van der Waals surface area contributed by atoms with Gasteiger partial charge in [0, 0.05) is 12.3 Å². The number of azo groups is 1. The molecule has 0 fully saturated rings. The number of aromatic hydroxyl groups is 1. The first-order chi connectivity index (χ1) is 18.0. The molecule has 6 rings (SSSR count). The molecule has 6 aromatic rings. The summed E-state index contributed by atoms with van der Waals surface area (Å²) in [6.45, 7) is 3.49. The van der Waals surface area contributed by atoms with Crippen molar-refractivity contribution in [2.24, 2.45) is 10.2 Å². The van der Waals surface area contributed by atoms with Crippen molar-refractivity contribution in [1.29, 1.82) is 0 Å². The van der Waals surface area contributed by atoms with Crippen molar-refractivity contribution >= 4 is 49.6 Å². The van der Waals surface area contributed by atoms with Gasteiger partial charge in [0.05, 0.1) is 21.5 Å². The van der Waals surface area contributed by atoms with E-state index in [0.29, 0.717) is 22.1 Å². The van der Waals surface area contributed by atoms with Crippen molar-refractivity contribution in [1.82, 2.24) is 14.8 Å². The number of ketones is 1. The number of aromatic nitrogens is 3. The van der Waals surface area contributed by atoms with Crippen LogP contribution in [0, 0.1) is 6.92 Å². The van der Waals surface area contributed by atoms with Crippen molar-refractivity contribution in [2.45, 2.75) is 13.8 Å². The lowest BCUT2D eigenvalue weighted by Gasteiger charge is -2.06. The maximum atomic E-state index is 12.8. The number of benzene rings is 4. The monoisotopic (exact) mass is 503 g/mol. The van der Waals surface area contributed by atoms with Crippen LogP contribution < -0.4 is 0 Å². The number of thiazole rings is 1. The third-order valence-electron chi connectivity index (χ3n) is 6.10. The van der Waals surface area contributed by atoms with Crippen LogP contribution in [0.4, 0.5) is 11.5 Å². The van der Waals surface area contributed by atoms with Gasteiger partial charge in [-0.25, -0.2) is 9.67 Å². The number of Topliss-reactive ketones (excluding diaryl/α,β-unsaturated/α-hetero) is 1. The average molecular weight is 504 g/mol. The highest BCUT2D eigenvalue weighted by Gasteiger charge is 2.26. The summed E-state index contributed by atoms with van der Waals surface area (Å²) in [5.74, 6) is 0.169. The lowest BCUT2D eigenvalue weighted by atomic mass is 10.1. The zero-order valence-electron chi connectivity index (χ0n) is 20.1. The molecule has 7 nitrogen and oxygen atoms in total. The summed E-state index contributed by atoms with van der Waals surface area (Å²) >= 11 is 1.47. The van der Waals surface area contributed by atoms with Crippen molar-refractivity contribution < 1.29 is 9.90 Å². The molecule has 0 aliphatic rings. The molecule has 1 N–H and O–H groups in total. The van der Waals surface area contributed by atoms with E-state index < -0.39 is 0 Å². The zero-order chi connectivity index (χ0) is 25.5. The van der Waals surface area contributed by atoms with Gasteiger partial charge in [0.2, 0.25) is 0 Å². The molecule has 0 unspecified atom stereocenters. The van der Waals surface area contributed by atoms with Gasteiger partial charge in [0.1, 0.15) is 22.1 Å². The van der Waals surface area contributed by atoms with E-state index in [2.05, 4.69) is 15.3 Å². The van der Waals surface area contributed by atoms with Crippen LogP contribution in [-0.4, -0.2) is 25.7 Å². The lowest BCUT2D eigenvalue weighted by Crippen LogP contribution is -1.99. The van der Waals surface area contributed by atoms with Crippen molar-refractivity contribution in [3.63, 3.8) is 0 Å². The Bertz CT molecular complexity index is 1800. The quantitative estimate of drug-likeness (QED) is 0.191. The minimum atomic E-state index is -0.204. The summed E-state index contributed by atoms with van der Waals surface area (Å²) < 4.78 is 2.60. The Morgan fingerprint density at radius 3 is 2.46 bits per heavy atom. The third kappa shape index (κ3) is 4.07. The van der Waals surface area contributed by atoms with E-state index in [0.717, 1.165) is 32.2 Å². The van der Waals surface area contributed by atoms with Gasteiger partial charge in [0.15, 0.2) is 11.6 Å². The summed E-state index contributed by atoms with van der Waals surface area (Å²) in [6, 6.07) is 26.7. The lowest BCUT2D eigenvalue weighted by molar-refractivity contribution is 0.101. The zero-order valence-corrected chi connectivity index (χ0v) is 20.9. The van der Waals surface area contributed by atoms with E-state index in [9.17, 15) is 9.90 Å². The first-order valence-electron chi connectivity index (χ1n) is 11.7. The van der Waals surface area contributed by atoms with E-state index in [1.807, 2.05) is 85.8 Å². The second kappa shape index (κ2) is 9.07. The maximum Gasteiger partial charge on any atom is 0.188 e. The Kier molecular flexibility index (Phi) is 5.58. The second-order valence-electron chi connectivity index (χ2n) is 8.69. The molecule has 0 bridgehead atoms. The maximum absolute atomic E-state index is 12.8. The summed E-state index contributed by atoms with van der Waals surface area (Å²) in [5, 5.41) is 26.7. The van der Waals surface area contributed by atoms with Crippen LogP contribution in [0.3, 0.4) is 0 Å². The highest BCUT2D eigenvalue weighted by atomic mass is 32.1. The van der Waals surface area contributed by atoms with Gasteiger partial charge in [0.25, 0.3) is 0 Å². The fourth-order valence-electron chi connectivity index (χ4n) is 4.24. The Morgan fingerprint density at radius 2 is 1.68 bits per heavy atom. The molecule has 0 aliphatic heterocycles. The van der Waals surface area contributed by atoms with Crippen molar-refractivity contribution in [2.75, 3.05) is 0 Å². The van der Waals surface area contributed by atoms with Crippen LogP contribution in [0.1, 0.15) is 23.0 Å². The van der Waals surface area contributed by atoms with Gasteiger partial charge in [-0.05, 0) is 42.6 Å². The van der Waals surface area contributed by atoms with Gasteiger partial charge in [-0.1, -0.05) is 60.2 Å². The summed E-state index contributed by atoms with van der Waals surface area (Å²) in [7, 11) is 0. The molecular formula is C29H21N5O2S. The number of phenols is 1. The molecule has 37 heavy (non-hydrogen) atoms. The minimum absolute atomic E-state index is 0.0113. The van der Waals surface area contributed by atoms with Crippen LogP contribution >= 0.6 is 11.3 Å². The molecule has 2 aromatic heterocycles. The van der Waals surface area contributed by atoms with E-state index in [4.69, 9.17) is 4.98 Å². The first kappa shape index (κ1) is 22.8. The highest BCUT2D eigenvalue weighted by Crippen LogP contribution is 2.42. The molecule has 180 valence electrons. The molecule has 0 aliphatic carbocycles. The van der Waals surface area contributed by atoms with E-state index >= 15 is 0 Å². The number of rotatable bonds is 5. The number of hydrogen-bond acceptors (Lipinski definition) is 7. The summed E-state index contributed by atoms with van der Waals surface area (Å²) in [4.78, 5) is 17.6. The topological polar surface area (TPSA) is 92.7 Å². The van der Waals surface area contributed by atoms with Gasteiger partial charge >= 0.3 is 0 Å². The molecule has 0 amide bonds. The first-order valence-corrected chi connectivity index (χ1v) is 12.5. The summed E-state index contributed by atoms with van der Waals surface area (Å²) in [6.07, 6.45) is 0. The number of para-hydroxylation sites is 1. The van der Waals surface area contributed by atoms with Gasteiger partial charge in [-0.15, -0.1) is 21.6 Å². The fourth-order valence-corrected chi connectivity index (χ4v) is 5.24. The number of phenolic OH excluding ortho intramolecular Hbond substituents is 1. The molecule has 0 spiro atoms. The van der Waals surface area contributed by atoms with Crippen LogP contribution in [0.25, 0.3) is 37.2 Å². The van der Waals surface area contributed by atoms with E-state index in [-0.39, 0.29) is 17.2 Å². The van der Waals surface area contributed by atoms with Gasteiger partial charge in [-0.3, -0.25) is 4.79 Å².